The monoisotopic (exact) mass is 274 g/mol. The average molecular weight is 274 g/mol. The quantitative estimate of drug-likeness (QED) is 0.837. The molecule has 0 bridgehead atoms. The van der Waals surface area contributed by atoms with Crippen molar-refractivity contribution in [3.05, 3.63) is 29.3 Å². The van der Waals surface area contributed by atoms with E-state index < -0.39 is 0 Å². The fraction of sp³-hybridized carbons (Fsp3) is 0.588. The maximum absolute atomic E-state index is 12.7. The van der Waals surface area contributed by atoms with Crippen LogP contribution >= 0.6 is 0 Å². The maximum atomic E-state index is 12.7. The Morgan fingerprint density at radius 2 is 2.00 bits per heavy atom. The molecule has 2 rings (SSSR count). The zero-order chi connectivity index (χ0) is 14.5. The number of carbonyl (C=O) groups is 1. The van der Waals surface area contributed by atoms with Crippen LogP contribution in [0.1, 0.15) is 50.7 Å². The number of rotatable bonds is 5. The van der Waals surface area contributed by atoms with Crippen molar-refractivity contribution in [1.82, 2.24) is 4.90 Å². The summed E-state index contributed by atoms with van der Waals surface area (Å²) < 4.78 is 0. The third-order valence-corrected chi connectivity index (χ3v) is 4.24. The van der Waals surface area contributed by atoms with Gasteiger partial charge in [0.05, 0.1) is 0 Å². The minimum Gasteiger partial charge on any atom is -0.398 e. The number of amides is 1. The number of benzene rings is 1. The molecule has 110 valence electrons. The number of nitrogens with two attached hydrogens (primary N) is 1. The van der Waals surface area contributed by atoms with Crippen LogP contribution in [0.15, 0.2) is 18.2 Å². The fourth-order valence-corrected chi connectivity index (χ4v) is 3.14. The van der Waals surface area contributed by atoms with Gasteiger partial charge in [0.15, 0.2) is 0 Å². The van der Waals surface area contributed by atoms with Crippen molar-refractivity contribution in [3.63, 3.8) is 0 Å². The first-order valence-corrected chi connectivity index (χ1v) is 7.82. The molecule has 0 aromatic heterocycles. The molecule has 0 atom stereocenters. The lowest BCUT2D eigenvalue weighted by atomic mass is 9.93. The standard InChI is InChI=1S/C17H26N2O/c1-3-6-14(7-4-2)17(20)19-11-10-13-8-5-9-16(18)15(13)12-19/h5,8-9,14H,3-4,6-7,10-12,18H2,1-2H3. The molecule has 0 unspecified atom stereocenters. The Kier molecular flexibility index (Phi) is 5.05. The van der Waals surface area contributed by atoms with E-state index in [4.69, 9.17) is 5.73 Å². The summed E-state index contributed by atoms with van der Waals surface area (Å²) in [5.41, 5.74) is 9.34. The van der Waals surface area contributed by atoms with Crippen LogP contribution < -0.4 is 5.73 Å². The second-order valence-electron chi connectivity index (χ2n) is 5.77. The third kappa shape index (κ3) is 3.14. The van der Waals surface area contributed by atoms with Crippen molar-refractivity contribution in [2.24, 2.45) is 5.92 Å². The first-order valence-electron chi connectivity index (χ1n) is 7.82. The van der Waals surface area contributed by atoms with Gasteiger partial charge in [0.25, 0.3) is 0 Å². The summed E-state index contributed by atoms with van der Waals surface area (Å²) in [5.74, 6) is 0.513. The van der Waals surface area contributed by atoms with Crippen molar-refractivity contribution in [3.8, 4) is 0 Å². The Morgan fingerprint density at radius 3 is 2.65 bits per heavy atom. The number of nitrogens with zero attached hydrogens (tertiary/aromatic N) is 1. The molecule has 0 fully saturated rings. The largest absolute Gasteiger partial charge is 0.398 e. The van der Waals surface area contributed by atoms with E-state index in [1.165, 1.54) is 5.56 Å². The van der Waals surface area contributed by atoms with Gasteiger partial charge < -0.3 is 10.6 Å². The number of hydrogen-bond donors (Lipinski definition) is 1. The molecule has 0 saturated carbocycles. The van der Waals surface area contributed by atoms with Crippen LogP contribution in [0.2, 0.25) is 0 Å². The van der Waals surface area contributed by atoms with E-state index >= 15 is 0 Å². The lowest BCUT2D eigenvalue weighted by Gasteiger charge is -2.32. The molecule has 3 heteroatoms. The van der Waals surface area contributed by atoms with E-state index in [1.807, 2.05) is 17.0 Å². The van der Waals surface area contributed by atoms with Crippen LogP contribution in [0.4, 0.5) is 5.69 Å². The second-order valence-corrected chi connectivity index (χ2v) is 5.77. The van der Waals surface area contributed by atoms with Crippen molar-refractivity contribution >= 4 is 11.6 Å². The summed E-state index contributed by atoms with van der Waals surface area (Å²) in [5, 5.41) is 0. The van der Waals surface area contributed by atoms with E-state index in [2.05, 4.69) is 19.9 Å². The Labute approximate surface area is 122 Å². The molecule has 0 spiro atoms. The molecule has 1 aromatic rings. The van der Waals surface area contributed by atoms with Gasteiger partial charge in [0, 0.05) is 24.7 Å². The van der Waals surface area contributed by atoms with Crippen LogP contribution in [-0.2, 0) is 17.8 Å². The fourth-order valence-electron chi connectivity index (χ4n) is 3.14. The first kappa shape index (κ1) is 14.9. The van der Waals surface area contributed by atoms with Crippen LogP contribution in [0, 0.1) is 5.92 Å². The van der Waals surface area contributed by atoms with E-state index in [0.29, 0.717) is 12.5 Å². The maximum Gasteiger partial charge on any atom is 0.225 e. The van der Waals surface area contributed by atoms with E-state index in [-0.39, 0.29) is 5.92 Å². The van der Waals surface area contributed by atoms with Gasteiger partial charge in [-0.3, -0.25) is 4.79 Å². The van der Waals surface area contributed by atoms with Gasteiger partial charge in [0.2, 0.25) is 5.91 Å². The van der Waals surface area contributed by atoms with Gasteiger partial charge in [-0.25, -0.2) is 0 Å². The van der Waals surface area contributed by atoms with Crippen LogP contribution in [0.3, 0.4) is 0 Å². The molecule has 1 amide bonds. The summed E-state index contributed by atoms with van der Waals surface area (Å²) in [6.07, 6.45) is 5.07. The highest BCUT2D eigenvalue weighted by Gasteiger charge is 2.26. The lowest BCUT2D eigenvalue weighted by molar-refractivity contribution is -0.137. The van der Waals surface area contributed by atoms with Crippen LogP contribution in [0.5, 0.6) is 0 Å². The molecule has 1 heterocycles. The number of nitrogen functional groups attached to an aromatic ring is 1. The van der Waals surface area contributed by atoms with E-state index in [0.717, 1.165) is 49.9 Å². The molecular formula is C17H26N2O. The topological polar surface area (TPSA) is 46.3 Å². The Hall–Kier alpha value is -1.51. The molecule has 1 aliphatic rings. The molecule has 3 nitrogen and oxygen atoms in total. The van der Waals surface area contributed by atoms with Gasteiger partial charge in [0.1, 0.15) is 0 Å². The minimum atomic E-state index is 0.191. The molecule has 20 heavy (non-hydrogen) atoms. The molecular weight excluding hydrogens is 248 g/mol. The van der Waals surface area contributed by atoms with Crippen molar-refractivity contribution in [2.45, 2.75) is 52.5 Å². The highest BCUT2D eigenvalue weighted by molar-refractivity contribution is 5.79. The SMILES string of the molecule is CCCC(CCC)C(=O)N1CCc2cccc(N)c2C1. The lowest BCUT2D eigenvalue weighted by Crippen LogP contribution is -2.40. The second kappa shape index (κ2) is 6.78. The predicted molar refractivity (Wildman–Crippen MR) is 83.3 cm³/mol. The van der Waals surface area contributed by atoms with Crippen LogP contribution in [0.25, 0.3) is 0 Å². The predicted octanol–water partition coefficient (Wildman–Crippen LogP) is 3.37. The summed E-state index contributed by atoms with van der Waals surface area (Å²) >= 11 is 0. The van der Waals surface area contributed by atoms with Gasteiger partial charge in [-0.15, -0.1) is 0 Å². The van der Waals surface area contributed by atoms with Gasteiger partial charge in [-0.2, -0.15) is 0 Å². The van der Waals surface area contributed by atoms with Crippen molar-refractivity contribution < 1.29 is 4.79 Å². The first-order chi connectivity index (χ1) is 9.67. The third-order valence-electron chi connectivity index (χ3n) is 4.24. The van der Waals surface area contributed by atoms with Crippen LogP contribution in [-0.4, -0.2) is 17.4 Å². The molecule has 1 aliphatic heterocycles. The van der Waals surface area contributed by atoms with Gasteiger partial charge in [-0.1, -0.05) is 38.8 Å². The highest BCUT2D eigenvalue weighted by Crippen LogP contribution is 2.26. The smallest absolute Gasteiger partial charge is 0.225 e. The summed E-state index contributed by atoms with van der Waals surface area (Å²) in [4.78, 5) is 14.7. The molecule has 0 radical (unpaired) electrons. The summed E-state index contributed by atoms with van der Waals surface area (Å²) in [6, 6.07) is 6.06. The van der Waals surface area contributed by atoms with E-state index in [1.54, 1.807) is 0 Å². The Morgan fingerprint density at radius 1 is 1.30 bits per heavy atom. The number of carbonyl (C=O) groups excluding carboxylic acids is 1. The zero-order valence-corrected chi connectivity index (χ0v) is 12.7. The molecule has 0 aliphatic carbocycles. The highest BCUT2D eigenvalue weighted by atomic mass is 16.2. The number of anilines is 1. The number of hydrogen-bond acceptors (Lipinski definition) is 2. The normalized spacial score (nSPS) is 14.4. The Bertz CT molecular complexity index is 464. The van der Waals surface area contributed by atoms with Crippen molar-refractivity contribution in [2.75, 3.05) is 12.3 Å². The molecule has 0 saturated heterocycles. The molecule has 1 aromatic carbocycles. The van der Waals surface area contributed by atoms with Gasteiger partial charge >= 0.3 is 0 Å². The van der Waals surface area contributed by atoms with Gasteiger partial charge in [-0.05, 0) is 36.5 Å². The summed E-state index contributed by atoms with van der Waals surface area (Å²) in [6.45, 7) is 5.82. The number of fused-ring (bicyclic) bond motifs is 1. The molecule has 2 N–H and O–H groups in total. The van der Waals surface area contributed by atoms with Crippen molar-refractivity contribution in [1.29, 1.82) is 0 Å². The average Bonchev–Trinajstić information content (AvgIpc) is 2.46. The minimum absolute atomic E-state index is 0.191. The zero-order valence-electron chi connectivity index (χ0n) is 12.7. The Balaban J connectivity index is 2.11. The summed E-state index contributed by atoms with van der Waals surface area (Å²) in [7, 11) is 0. The van der Waals surface area contributed by atoms with E-state index in [9.17, 15) is 4.79 Å².